The van der Waals surface area contributed by atoms with E-state index in [0.717, 1.165) is 0 Å². The van der Waals surface area contributed by atoms with E-state index in [2.05, 4.69) is 5.32 Å². The number of rotatable bonds is 5. The number of benzene rings is 2. The van der Waals surface area contributed by atoms with E-state index < -0.39 is 24.0 Å². The Morgan fingerprint density at radius 3 is 2.12 bits per heavy atom. The van der Waals surface area contributed by atoms with E-state index in [1.54, 1.807) is 54.6 Å². The van der Waals surface area contributed by atoms with Crippen molar-refractivity contribution in [1.82, 2.24) is 10.2 Å². The Labute approximate surface area is 145 Å². The molecule has 0 aliphatic carbocycles. The monoisotopic (exact) mass is 338 g/mol. The Balaban J connectivity index is 1.85. The zero-order valence-corrected chi connectivity index (χ0v) is 13.5. The van der Waals surface area contributed by atoms with E-state index in [-0.39, 0.29) is 5.91 Å². The molecular weight excluding hydrogens is 320 g/mol. The Bertz CT molecular complexity index is 777. The molecule has 0 radical (unpaired) electrons. The summed E-state index contributed by atoms with van der Waals surface area (Å²) in [6, 6.07) is 15.7. The van der Waals surface area contributed by atoms with Crippen LogP contribution >= 0.6 is 0 Å². The van der Waals surface area contributed by atoms with E-state index in [0.29, 0.717) is 24.1 Å². The summed E-state index contributed by atoms with van der Waals surface area (Å²) in [4.78, 5) is 37.8. The maximum Gasteiger partial charge on any atom is 0.326 e. The summed E-state index contributed by atoms with van der Waals surface area (Å²) in [5.41, 5.74) is 1.06. The predicted molar refractivity (Wildman–Crippen MR) is 90.8 cm³/mol. The summed E-state index contributed by atoms with van der Waals surface area (Å²) in [5, 5.41) is 11.9. The van der Waals surface area contributed by atoms with Crippen molar-refractivity contribution in [2.45, 2.75) is 18.5 Å². The van der Waals surface area contributed by atoms with Gasteiger partial charge in [-0.25, -0.2) is 4.79 Å². The Morgan fingerprint density at radius 2 is 1.60 bits per heavy atom. The molecule has 1 aliphatic rings. The number of hydrogen-bond donors (Lipinski definition) is 2. The molecule has 1 heterocycles. The normalized spacial score (nSPS) is 17.3. The highest BCUT2D eigenvalue weighted by Crippen LogP contribution is 2.24. The molecule has 6 heteroatoms. The molecule has 0 unspecified atom stereocenters. The number of hydrogen-bond acceptors (Lipinski definition) is 3. The van der Waals surface area contributed by atoms with Gasteiger partial charge in [0.15, 0.2) is 0 Å². The van der Waals surface area contributed by atoms with Gasteiger partial charge in [0.05, 0.1) is 0 Å². The van der Waals surface area contributed by atoms with E-state index in [1.165, 1.54) is 4.90 Å². The average molecular weight is 338 g/mol. The number of likely N-dealkylation sites (tertiary alicyclic amines) is 1. The molecule has 0 saturated carbocycles. The van der Waals surface area contributed by atoms with Gasteiger partial charge in [0, 0.05) is 12.1 Å². The van der Waals surface area contributed by atoms with Crippen molar-refractivity contribution >= 4 is 17.8 Å². The molecule has 0 bridgehead atoms. The van der Waals surface area contributed by atoms with E-state index >= 15 is 0 Å². The fourth-order valence-corrected chi connectivity index (χ4v) is 2.81. The molecule has 1 fully saturated rings. The number of carboxylic acid groups (broad SMARTS) is 1. The van der Waals surface area contributed by atoms with Gasteiger partial charge >= 0.3 is 5.97 Å². The fraction of sp³-hybridized carbons (Fsp3) is 0.211. The van der Waals surface area contributed by atoms with Crippen LogP contribution < -0.4 is 5.32 Å². The number of nitrogens with one attached hydrogen (secondary N) is 1. The van der Waals surface area contributed by atoms with Crippen molar-refractivity contribution in [1.29, 1.82) is 0 Å². The highest BCUT2D eigenvalue weighted by molar-refractivity contribution is 5.98. The first-order valence-corrected chi connectivity index (χ1v) is 8.02. The van der Waals surface area contributed by atoms with Crippen LogP contribution in [0.4, 0.5) is 0 Å². The number of carboxylic acids is 1. The lowest BCUT2D eigenvalue weighted by atomic mass is 9.98. The SMILES string of the molecule is O=C(N[C@@H](C(=O)N1CC[C@H]1C(=O)O)c1ccccc1)c1ccccc1. The smallest absolute Gasteiger partial charge is 0.326 e. The maximum atomic E-state index is 12.9. The second kappa shape index (κ2) is 7.17. The minimum Gasteiger partial charge on any atom is -0.480 e. The number of nitrogens with zero attached hydrogens (tertiary/aromatic N) is 1. The summed E-state index contributed by atoms with van der Waals surface area (Å²) in [6.45, 7) is 0.375. The molecule has 1 aliphatic heterocycles. The van der Waals surface area contributed by atoms with Gasteiger partial charge in [-0.3, -0.25) is 9.59 Å². The van der Waals surface area contributed by atoms with Gasteiger partial charge in [-0.05, 0) is 24.1 Å². The van der Waals surface area contributed by atoms with Crippen LogP contribution in [0.2, 0.25) is 0 Å². The third-order valence-electron chi connectivity index (χ3n) is 4.28. The lowest BCUT2D eigenvalue weighted by Crippen LogP contribution is -2.58. The standard InChI is InChI=1S/C19H18N2O4/c22-17(14-9-5-2-6-10-14)20-16(13-7-3-1-4-8-13)18(23)21-12-11-15(21)19(24)25/h1-10,15-16H,11-12H2,(H,20,22)(H,24,25)/t15-,16+/m0/s1. The van der Waals surface area contributed by atoms with Crippen LogP contribution in [-0.2, 0) is 9.59 Å². The number of aliphatic carboxylic acids is 1. The number of carbonyl (C=O) groups is 3. The van der Waals surface area contributed by atoms with Crippen molar-refractivity contribution in [3.05, 3.63) is 71.8 Å². The van der Waals surface area contributed by atoms with Crippen molar-refractivity contribution < 1.29 is 19.5 Å². The summed E-state index contributed by atoms with van der Waals surface area (Å²) in [5.74, 6) is -1.81. The lowest BCUT2D eigenvalue weighted by Gasteiger charge is -2.40. The second-order valence-corrected chi connectivity index (χ2v) is 5.86. The van der Waals surface area contributed by atoms with Gasteiger partial charge in [0.25, 0.3) is 11.8 Å². The fourth-order valence-electron chi connectivity index (χ4n) is 2.81. The predicted octanol–water partition coefficient (Wildman–Crippen LogP) is 1.84. The molecule has 25 heavy (non-hydrogen) atoms. The van der Waals surface area contributed by atoms with Crippen LogP contribution in [0.1, 0.15) is 28.4 Å². The summed E-state index contributed by atoms with van der Waals surface area (Å²) in [6.07, 6.45) is 0.426. The zero-order valence-electron chi connectivity index (χ0n) is 13.5. The maximum absolute atomic E-state index is 12.9. The lowest BCUT2D eigenvalue weighted by molar-refractivity contribution is -0.158. The van der Waals surface area contributed by atoms with Crippen molar-refractivity contribution in [2.24, 2.45) is 0 Å². The third-order valence-corrected chi connectivity index (χ3v) is 4.28. The largest absolute Gasteiger partial charge is 0.480 e. The van der Waals surface area contributed by atoms with E-state index in [1.807, 2.05) is 6.07 Å². The average Bonchev–Trinajstić information content (AvgIpc) is 2.59. The van der Waals surface area contributed by atoms with E-state index in [9.17, 15) is 19.5 Å². The van der Waals surface area contributed by atoms with Crippen molar-refractivity contribution in [2.75, 3.05) is 6.54 Å². The summed E-state index contributed by atoms with van der Waals surface area (Å²) >= 11 is 0. The van der Waals surface area contributed by atoms with Crippen molar-refractivity contribution in [3.8, 4) is 0 Å². The Hall–Kier alpha value is -3.15. The second-order valence-electron chi connectivity index (χ2n) is 5.86. The molecule has 2 amide bonds. The Morgan fingerprint density at radius 1 is 1.00 bits per heavy atom. The van der Waals surface area contributed by atoms with Crippen molar-refractivity contribution in [3.63, 3.8) is 0 Å². The molecule has 2 atom stereocenters. The topological polar surface area (TPSA) is 86.7 Å². The molecule has 0 spiro atoms. The number of amides is 2. The Kier molecular flexibility index (Phi) is 4.79. The molecule has 6 nitrogen and oxygen atoms in total. The van der Waals surface area contributed by atoms with Crippen LogP contribution in [0, 0.1) is 0 Å². The minimum absolute atomic E-state index is 0.375. The molecule has 128 valence electrons. The van der Waals surface area contributed by atoms with Gasteiger partial charge in [-0.1, -0.05) is 48.5 Å². The van der Waals surface area contributed by atoms with E-state index in [4.69, 9.17) is 0 Å². The molecular formula is C19H18N2O4. The molecule has 2 aromatic rings. The summed E-state index contributed by atoms with van der Waals surface area (Å²) < 4.78 is 0. The first-order chi connectivity index (χ1) is 12.1. The molecule has 3 rings (SSSR count). The molecule has 1 saturated heterocycles. The van der Waals surface area contributed by atoms with Gasteiger partial charge < -0.3 is 15.3 Å². The van der Waals surface area contributed by atoms with Gasteiger partial charge in [0.2, 0.25) is 0 Å². The van der Waals surface area contributed by atoms with Crippen LogP contribution in [0.5, 0.6) is 0 Å². The number of carbonyl (C=O) groups excluding carboxylic acids is 2. The van der Waals surface area contributed by atoms with Crippen LogP contribution in [-0.4, -0.2) is 40.4 Å². The third kappa shape index (κ3) is 3.52. The van der Waals surface area contributed by atoms with Gasteiger partial charge in [-0.15, -0.1) is 0 Å². The van der Waals surface area contributed by atoms with Crippen LogP contribution in [0.15, 0.2) is 60.7 Å². The highest BCUT2D eigenvalue weighted by Gasteiger charge is 2.41. The van der Waals surface area contributed by atoms with Gasteiger partial charge in [0.1, 0.15) is 12.1 Å². The zero-order chi connectivity index (χ0) is 17.8. The summed E-state index contributed by atoms with van der Waals surface area (Å²) in [7, 11) is 0. The quantitative estimate of drug-likeness (QED) is 0.871. The van der Waals surface area contributed by atoms with Crippen LogP contribution in [0.25, 0.3) is 0 Å². The van der Waals surface area contributed by atoms with Gasteiger partial charge in [-0.2, -0.15) is 0 Å². The minimum atomic E-state index is -1.03. The first kappa shape index (κ1) is 16.7. The molecule has 2 N–H and O–H groups in total. The molecule has 2 aromatic carbocycles. The highest BCUT2D eigenvalue weighted by atomic mass is 16.4. The first-order valence-electron chi connectivity index (χ1n) is 8.02. The molecule has 0 aromatic heterocycles. The van der Waals surface area contributed by atoms with Crippen LogP contribution in [0.3, 0.4) is 0 Å².